The molecule has 3 N–H and O–H groups in total. The van der Waals surface area contributed by atoms with Crippen LogP contribution in [-0.2, 0) is 14.3 Å². The first kappa shape index (κ1) is 20.7. The zero-order chi connectivity index (χ0) is 19.8. The SMILES string of the molecule is COCCNC(=O)CN1CCN(c2ccc(C(=O)O)cc2NC(C)=O)CC1. The number of methoxy groups -OCH3 is 1. The molecule has 0 unspecified atom stereocenters. The number of ether oxygens (including phenoxy) is 1. The number of nitrogens with zero attached hydrogens (tertiary/aromatic N) is 2. The van der Waals surface area contributed by atoms with Gasteiger partial charge < -0.3 is 25.4 Å². The van der Waals surface area contributed by atoms with Crippen molar-refractivity contribution in [3.05, 3.63) is 23.8 Å². The smallest absolute Gasteiger partial charge is 0.335 e. The van der Waals surface area contributed by atoms with Gasteiger partial charge in [-0.15, -0.1) is 0 Å². The Hall–Kier alpha value is -2.65. The molecule has 1 aliphatic rings. The van der Waals surface area contributed by atoms with E-state index in [-0.39, 0.29) is 17.4 Å². The fourth-order valence-corrected chi connectivity index (χ4v) is 2.93. The second-order valence-corrected chi connectivity index (χ2v) is 6.32. The highest BCUT2D eigenvalue weighted by Gasteiger charge is 2.22. The van der Waals surface area contributed by atoms with Crippen LogP contribution in [0.2, 0.25) is 0 Å². The zero-order valence-corrected chi connectivity index (χ0v) is 15.7. The molecule has 2 amide bonds. The minimum atomic E-state index is -1.04. The number of aromatic carboxylic acids is 1. The summed E-state index contributed by atoms with van der Waals surface area (Å²) in [5.74, 6) is -1.34. The molecule has 0 radical (unpaired) electrons. The summed E-state index contributed by atoms with van der Waals surface area (Å²) in [6, 6.07) is 4.70. The lowest BCUT2D eigenvalue weighted by atomic mass is 10.1. The van der Waals surface area contributed by atoms with Crippen molar-refractivity contribution < 1.29 is 24.2 Å². The van der Waals surface area contributed by atoms with Crippen LogP contribution in [0.1, 0.15) is 17.3 Å². The Bertz CT molecular complexity index is 686. The highest BCUT2D eigenvalue weighted by Crippen LogP contribution is 2.28. The minimum absolute atomic E-state index is 0.0368. The number of rotatable bonds is 8. The van der Waals surface area contributed by atoms with Crippen molar-refractivity contribution in [2.45, 2.75) is 6.92 Å². The lowest BCUT2D eigenvalue weighted by Gasteiger charge is -2.36. The van der Waals surface area contributed by atoms with E-state index < -0.39 is 5.97 Å². The van der Waals surface area contributed by atoms with Crippen LogP contribution in [0.15, 0.2) is 18.2 Å². The molecule has 0 aliphatic carbocycles. The average molecular weight is 378 g/mol. The first-order valence-corrected chi connectivity index (χ1v) is 8.78. The minimum Gasteiger partial charge on any atom is -0.478 e. The molecule has 0 saturated carbocycles. The molecule has 1 aromatic carbocycles. The van der Waals surface area contributed by atoms with E-state index in [1.165, 1.54) is 19.1 Å². The van der Waals surface area contributed by atoms with Gasteiger partial charge in [-0.2, -0.15) is 0 Å². The van der Waals surface area contributed by atoms with E-state index in [1.807, 2.05) is 0 Å². The number of carbonyl (C=O) groups is 3. The van der Waals surface area contributed by atoms with Crippen LogP contribution < -0.4 is 15.5 Å². The fraction of sp³-hybridized carbons (Fsp3) is 0.500. The molecule has 1 fully saturated rings. The summed E-state index contributed by atoms with van der Waals surface area (Å²) < 4.78 is 4.91. The standard InChI is InChI=1S/C18H26N4O5/c1-13(23)20-15-11-14(18(25)26)3-4-16(15)22-8-6-21(7-9-22)12-17(24)19-5-10-27-2/h3-4,11H,5-10,12H2,1-2H3,(H,19,24)(H,20,23)(H,25,26). The molecular weight excluding hydrogens is 352 g/mol. The number of amides is 2. The number of carboxylic acids is 1. The molecule has 1 aromatic rings. The van der Waals surface area contributed by atoms with Crippen molar-refractivity contribution in [2.24, 2.45) is 0 Å². The Morgan fingerprint density at radius 2 is 1.89 bits per heavy atom. The maximum atomic E-state index is 11.9. The summed E-state index contributed by atoms with van der Waals surface area (Å²) in [4.78, 5) is 38.7. The average Bonchev–Trinajstić information content (AvgIpc) is 2.62. The van der Waals surface area contributed by atoms with Gasteiger partial charge >= 0.3 is 5.97 Å². The molecule has 0 bridgehead atoms. The predicted molar refractivity (Wildman–Crippen MR) is 101 cm³/mol. The number of piperazine rings is 1. The summed E-state index contributed by atoms with van der Waals surface area (Å²) in [5.41, 5.74) is 1.38. The third-order valence-corrected chi connectivity index (χ3v) is 4.26. The van der Waals surface area contributed by atoms with Crippen molar-refractivity contribution >= 4 is 29.2 Å². The van der Waals surface area contributed by atoms with Gasteiger partial charge in [0.05, 0.1) is 30.1 Å². The van der Waals surface area contributed by atoms with E-state index in [9.17, 15) is 14.4 Å². The van der Waals surface area contributed by atoms with E-state index in [0.29, 0.717) is 51.6 Å². The molecule has 9 heteroatoms. The molecule has 9 nitrogen and oxygen atoms in total. The summed E-state index contributed by atoms with van der Waals surface area (Å²) >= 11 is 0. The first-order valence-electron chi connectivity index (χ1n) is 8.78. The topological polar surface area (TPSA) is 111 Å². The van der Waals surface area contributed by atoms with Crippen molar-refractivity contribution in [2.75, 3.05) is 63.2 Å². The molecule has 2 rings (SSSR count). The van der Waals surface area contributed by atoms with E-state index >= 15 is 0 Å². The molecule has 0 aromatic heterocycles. The van der Waals surface area contributed by atoms with Crippen LogP contribution in [0, 0.1) is 0 Å². The molecule has 1 aliphatic heterocycles. The quantitative estimate of drug-likeness (QED) is 0.555. The lowest BCUT2D eigenvalue weighted by Crippen LogP contribution is -2.49. The van der Waals surface area contributed by atoms with Gasteiger partial charge in [-0.05, 0) is 18.2 Å². The van der Waals surface area contributed by atoms with Crippen LogP contribution in [0.4, 0.5) is 11.4 Å². The molecule has 148 valence electrons. The van der Waals surface area contributed by atoms with Gasteiger partial charge in [-0.25, -0.2) is 4.79 Å². The Labute approximate surface area is 158 Å². The largest absolute Gasteiger partial charge is 0.478 e. The van der Waals surface area contributed by atoms with E-state index in [2.05, 4.69) is 20.4 Å². The zero-order valence-electron chi connectivity index (χ0n) is 15.7. The summed E-state index contributed by atoms with van der Waals surface area (Å²) in [6.45, 7) is 5.42. The highest BCUT2D eigenvalue weighted by atomic mass is 16.5. The highest BCUT2D eigenvalue weighted by molar-refractivity contribution is 5.96. The fourth-order valence-electron chi connectivity index (χ4n) is 2.93. The van der Waals surface area contributed by atoms with Crippen molar-refractivity contribution in [1.29, 1.82) is 0 Å². The lowest BCUT2D eigenvalue weighted by molar-refractivity contribution is -0.122. The molecule has 1 saturated heterocycles. The van der Waals surface area contributed by atoms with Gasteiger partial charge in [0.25, 0.3) is 0 Å². The van der Waals surface area contributed by atoms with Gasteiger partial charge in [-0.1, -0.05) is 0 Å². The van der Waals surface area contributed by atoms with E-state index in [1.54, 1.807) is 13.2 Å². The number of hydrogen-bond donors (Lipinski definition) is 3. The summed E-state index contributed by atoms with van der Waals surface area (Å²) in [7, 11) is 1.59. The molecule has 0 spiro atoms. The van der Waals surface area contributed by atoms with Gasteiger partial charge in [0.15, 0.2) is 0 Å². The van der Waals surface area contributed by atoms with Crippen LogP contribution in [0.25, 0.3) is 0 Å². The van der Waals surface area contributed by atoms with E-state index in [4.69, 9.17) is 9.84 Å². The van der Waals surface area contributed by atoms with E-state index in [0.717, 1.165) is 5.69 Å². The normalized spacial score (nSPS) is 14.7. The number of carboxylic acid groups (broad SMARTS) is 1. The second-order valence-electron chi connectivity index (χ2n) is 6.32. The third-order valence-electron chi connectivity index (χ3n) is 4.26. The second kappa shape index (κ2) is 9.89. The predicted octanol–water partition coefficient (Wildman–Crippen LogP) is 0.228. The summed E-state index contributed by atoms with van der Waals surface area (Å²) in [6.07, 6.45) is 0. The molecule has 0 atom stereocenters. The van der Waals surface area contributed by atoms with Gasteiger partial charge in [0.2, 0.25) is 11.8 Å². The van der Waals surface area contributed by atoms with Crippen molar-refractivity contribution in [1.82, 2.24) is 10.2 Å². The van der Waals surface area contributed by atoms with Gasteiger partial charge in [0, 0.05) is 46.8 Å². The Morgan fingerprint density at radius 1 is 1.19 bits per heavy atom. The Morgan fingerprint density at radius 3 is 2.48 bits per heavy atom. The number of benzene rings is 1. The van der Waals surface area contributed by atoms with Crippen LogP contribution in [0.3, 0.4) is 0 Å². The van der Waals surface area contributed by atoms with Gasteiger partial charge in [0.1, 0.15) is 0 Å². The number of nitrogens with one attached hydrogen (secondary N) is 2. The molecular formula is C18H26N4O5. The van der Waals surface area contributed by atoms with Crippen molar-refractivity contribution in [3.8, 4) is 0 Å². The first-order chi connectivity index (χ1) is 12.9. The Balaban J connectivity index is 1.97. The molecule has 27 heavy (non-hydrogen) atoms. The summed E-state index contributed by atoms with van der Waals surface area (Å²) in [5, 5.41) is 14.7. The number of anilines is 2. The van der Waals surface area contributed by atoms with Crippen LogP contribution in [0.5, 0.6) is 0 Å². The monoisotopic (exact) mass is 378 g/mol. The van der Waals surface area contributed by atoms with Gasteiger partial charge in [-0.3, -0.25) is 14.5 Å². The number of carbonyl (C=O) groups excluding carboxylic acids is 2. The molecule has 1 heterocycles. The maximum absolute atomic E-state index is 11.9. The van der Waals surface area contributed by atoms with Crippen molar-refractivity contribution in [3.63, 3.8) is 0 Å². The Kier molecular flexibility index (Phi) is 7.56. The van der Waals surface area contributed by atoms with Crippen LogP contribution in [-0.4, -0.2) is 80.8 Å². The third kappa shape index (κ3) is 6.22. The van der Waals surface area contributed by atoms with Crippen LogP contribution >= 0.6 is 0 Å². The maximum Gasteiger partial charge on any atom is 0.335 e. The number of hydrogen-bond acceptors (Lipinski definition) is 6.